The van der Waals surface area contributed by atoms with E-state index < -0.39 is 5.97 Å². The summed E-state index contributed by atoms with van der Waals surface area (Å²) in [7, 11) is 0. The molecular formula is C17H22O3. The molecule has 0 amide bonds. The number of aliphatic carboxylic acids is 1. The maximum atomic E-state index is 11.5. The van der Waals surface area contributed by atoms with Gasteiger partial charge in [-0.1, -0.05) is 25.1 Å². The van der Waals surface area contributed by atoms with E-state index in [2.05, 4.69) is 13.0 Å². The Morgan fingerprint density at radius 3 is 2.95 bits per heavy atom. The fourth-order valence-corrected chi connectivity index (χ4v) is 3.87. The summed E-state index contributed by atoms with van der Waals surface area (Å²) >= 11 is 0. The van der Waals surface area contributed by atoms with Crippen molar-refractivity contribution in [3.05, 3.63) is 29.8 Å². The highest BCUT2D eigenvalue weighted by Crippen LogP contribution is 2.43. The van der Waals surface area contributed by atoms with Crippen LogP contribution in [-0.2, 0) is 4.79 Å². The van der Waals surface area contributed by atoms with E-state index in [1.807, 2.05) is 18.2 Å². The number of carboxylic acids is 1. The SMILES string of the molecule is CC1CCC(C(=O)O)C(CC2COc3ccccc32)C1. The van der Waals surface area contributed by atoms with Crippen LogP contribution in [0.4, 0.5) is 0 Å². The molecule has 0 bridgehead atoms. The zero-order valence-corrected chi connectivity index (χ0v) is 11.9. The molecule has 0 spiro atoms. The number of ether oxygens (including phenoxy) is 1. The molecule has 1 saturated carbocycles. The molecule has 1 heterocycles. The molecule has 20 heavy (non-hydrogen) atoms. The summed E-state index contributed by atoms with van der Waals surface area (Å²) in [6, 6.07) is 8.16. The Kier molecular flexibility index (Phi) is 3.68. The van der Waals surface area contributed by atoms with E-state index in [9.17, 15) is 9.90 Å². The van der Waals surface area contributed by atoms with Crippen LogP contribution in [0, 0.1) is 17.8 Å². The maximum Gasteiger partial charge on any atom is 0.306 e. The van der Waals surface area contributed by atoms with Crippen LogP contribution in [0.15, 0.2) is 24.3 Å². The summed E-state index contributed by atoms with van der Waals surface area (Å²) < 4.78 is 5.73. The van der Waals surface area contributed by atoms with Gasteiger partial charge in [-0.25, -0.2) is 0 Å². The van der Waals surface area contributed by atoms with Crippen LogP contribution in [0.5, 0.6) is 5.75 Å². The zero-order valence-electron chi connectivity index (χ0n) is 11.9. The number of carboxylic acid groups (broad SMARTS) is 1. The second kappa shape index (κ2) is 5.47. The Labute approximate surface area is 120 Å². The van der Waals surface area contributed by atoms with Crippen molar-refractivity contribution in [2.75, 3.05) is 6.61 Å². The summed E-state index contributed by atoms with van der Waals surface area (Å²) in [6.07, 6.45) is 3.86. The van der Waals surface area contributed by atoms with Crippen LogP contribution in [0.2, 0.25) is 0 Å². The summed E-state index contributed by atoms with van der Waals surface area (Å²) in [4.78, 5) is 11.5. The lowest BCUT2D eigenvalue weighted by Gasteiger charge is -2.33. The molecule has 1 fully saturated rings. The molecule has 0 aromatic heterocycles. The van der Waals surface area contributed by atoms with Gasteiger partial charge in [0.05, 0.1) is 12.5 Å². The van der Waals surface area contributed by atoms with Gasteiger partial charge >= 0.3 is 5.97 Å². The van der Waals surface area contributed by atoms with Crippen LogP contribution in [-0.4, -0.2) is 17.7 Å². The first-order valence-electron chi connectivity index (χ1n) is 7.59. The van der Waals surface area contributed by atoms with Crippen molar-refractivity contribution >= 4 is 5.97 Å². The number of hydrogen-bond acceptors (Lipinski definition) is 2. The van der Waals surface area contributed by atoms with E-state index >= 15 is 0 Å². The summed E-state index contributed by atoms with van der Waals surface area (Å²) in [6.45, 7) is 2.95. The molecular weight excluding hydrogens is 252 g/mol. The average Bonchev–Trinajstić information content (AvgIpc) is 2.82. The molecule has 108 valence electrons. The van der Waals surface area contributed by atoms with Gasteiger partial charge in [-0.2, -0.15) is 0 Å². The van der Waals surface area contributed by atoms with Gasteiger partial charge in [0.2, 0.25) is 0 Å². The van der Waals surface area contributed by atoms with Gasteiger partial charge in [0.25, 0.3) is 0 Å². The number of hydrogen-bond donors (Lipinski definition) is 1. The van der Waals surface area contributed by atoms with E-state index in [1.54, 1.807) is 0 Å². The summed E-state index contributed by atoms with van der Waals surface area (Å²) in [5.41, 5.74) is 1.26. The van der Waals surface area contributed by atoms with E-state index in [1.165, 1.54) is 5.56 Å². The highest BCUT2D eigenvalue weighted by atomic mass is 16.5. The number of para-hydroxylation sites is 1. The van der Waals surface area contributed by atoms with Crippen LogP contribution in [0.3, 0.4) is 0 Å². The number of rotatable bonds is 3. The van der Waals surface area contributed by atoms with E-state index in [-0.39, 0.29) is 11.8 Å². The van der Waals surface area contributed by atoms with E-state index in [0.717, 1.165) is 31.4 Å². The van der Waals surface area contributed by atoms with Gasteiger partial charge < -0.3 is 9.84 Å². The third-order valence-corrected chi connectivity index (χ3v) is 4.95. The Hall–Kier alpha value is -1.51. The largest absolute Gasteiger partial charge is 0.493 e. The normalized spacial score (nSPS) is 32.5. The molecule has 2 aliphatic rings. The Balaban J connectivity index is 1.74. The first kappa shape index (κ1) is 13.5. The van der Waals surface area contributed by atoms with Crippen LogP contribution < -0.4 is 4.74 Å². The monoisotopic (exact) mass is 274 g/mol. The van der Waals surface area contributed by atoms with Crippen molar-refractivity contribution in [1.29, 1.82) is 0 Å². The van der Waals surface area contributed by atoms with Crippen molar-refractivity contribution < 1.29 is 14.6 Å². The summed E-state index contributed by atoms with van der Waals surface area (Å²) in [5.74, 6) is 1.49. The Morgan fingerprint density at radius 2 is 2.15 bits per heavy atom. The zero-order chi connectivity index (χ0) is 14.1. The smallest absolute Gasteiger partial charge is 0.306 e. The molecule has 4 atom stereocenters. The quantitative estimate of drug-likeness (QED) is 0.914. The molecule has 3 nitrogen and oxygen atoms in total. The van der Waals surface area contributed by atoms with Crippen molar-refractivity contribution in [3.8, 4) is 5.75 Å². The van der Waals surface area contributed by atoms with Crippen molar-refractivity contribution in [1.82, 2.24) is 0 Å². The standard InChI is InChI=1S/C17H22O3/c1-11-6-7-15(17(18)19)12(8-11)9-13-10-20-16-5-3-2-4-14(13)16/h2-5,11-13,15H,6-10H2,1H3,(H,18,19). The molecule has 1 aliphatic carbocycles. The minimum Gasteiger partial charge on any atom is -0.493 e. The van der Waals surface area contributed by atoms with Gasteiger partial charge in [-0.05, 0) is 43.6 Å². The van der Waals surface area contributed by atoms with Crippen LogP contribution >= 0.6 is 0 Å². The van der Waals surface area contributed by atoms with Crippen LogP contribution in [0.25, 0.3) is 0 Å². The molecule has 1 aromatic rings. The Morgan fingerprint density at radius 1 is 1.35 bits per heavy atom. The number of fused-ring (bicyclic) bond motifs is 1. The highest BCUT2D eigenvalue weighted by Gasteiger charge is 2.36. The maximum absolute atomic E-state index is 11.5. The predicted molar refractivity (Wildman–Crippen MR) is 76.9 cm³/mol. The molecule has 0 saturated heterocycles. The molecule has 4 unspecified atom stereocenters. The van der Waals surface area contributed by atoms with Gasteiger partial charge in [0.1, 0.15) is 5.75 Å². The number of benzene rings is 1. The van der Waals surface area contributed by atoms with Gasteiger partial charge in [0, 0.05) is 11.5 Å². The third kappa shape index (κ3) is 2.54. The minimum absolute atomic E-state index is 0.168. The van der Waals surface area contributed by atoms with Crippen molar-refractivity contribution in [3.63, 3.8) is 0 Å². The molecule has 1 aliphatic heterocycles. The van der Waals surface area contributed by atoms with Gasteiger partial charge in [-0.15, -0.1) is 0 Å². The van der Waals surface area contributed by atoms with Crippen molar-refractivity contribution in [2.24, 2.45) is 17.8 Å². The number of carbonyl (C=O) groups is 1. The molecule has 1 aromatic carbocycles. The van der Waals surface area contributed by atoms with Gasteiger partial charge in [0.15, 0.2) is 0 Å². The first-order valence-corrected chi connectivity index (χ1v) is 7.59. The fraction of sp³-hybridized carbons (Fsp3) is 0.588. The average molecular weight is 274 g/mol. The molecule has 1 N–H and O–H groups in total. The molecule has 3 rings (SSSR count). The lowest BCUT2D eigenvalue weighted by molar-refractivity contribution is -0.145. The highest BCUT2D eigenvalue weighted by molar-refractivity contribution is 5.70. The third-order valence-electron chi connectivity index (χ3n) is 4.95. The van der Waals surface area contributed by atoms with Crippen molar-refractivity contribution in [2.45, 2.75) is 38.5 Å². The summed E-state index contributed by atoms with van der Waals surface area (Å²) in [5, 5.41) is 9.43. The van der Waals surface area contributed by atoms with Crippen LogP contribution in [0.1, 0.15) is 44.1 Å². The lowest BCUT2D eigenvalue weighted by atomic mass is 9.71. The fourth-order valence-electron chi connectivity index (χ4n) is 3.87. The second-order valence-electron chi connectivity index (χ2n) is 6.40. The first-order chi connectivity index (χ1) is 9.65. The minimum atomic E-state index is -0.617. The van der Waals surface area contributed by atoms with Gasteiger partial charge in [-0.3, -0.25) is 4.79 Å². The lowest BCUT2D eigenvalue weighted by Crippen LogP contribution is -2.31. The predicted octanol–water partition coefficient (Wildman–Crippen LogP) is 3.69. The topological polar surface area (TPSA) is 46.5 Å². The second-order valence-corrected chi connectivity index (χ2v) is 6.40. The Bertz CT molecular complexity index is 497. The van der Waals surface area contributed by atoms with E-state index in [4.69, 9.17) is 4.74 Å². The van der Waals surface area contributed by atoms with E-state index in [0.29, 0.717) is 18.4 Å². The molecule has 0 radical (unpaired) electrons. The molecule has 3 heteroatoms.